The van der Waals surface area contributed by atoms with Gasteiger partial charge in [0.2, 0.25) is 0 Å². The molecule has 22 heavy (non-hydrogen) atoms. The fraction of sp³-hybridized carbons (Fsp3) is 0.562. The van der Waals surface area contributed by atoms with Gasteiger partial charge >= 0.3 is 6.03 Å². The van der Waals surface area contributed by atoms with Gasteiger partial charge in [0.1, 0.15) is 5.75 Å². The van der Waals surface area contributed by atoms with Crippen LogP contribution in [0.15, 0.2) is 12.1 Å². The number of nitrogens with zero attached hydrogens (tertiary/aromatic N) is 1. The number of likely N-dealkylation sites (tertiary alicyclic amines) is 1. The van der Waals surface area contributed by atoms with Gasteiger partial charge in [0.15, 0.2) is 0 Å². The number of carbonyl (C=O) groups excluding carboxylic acids is 1. The van der Waals surface area contributed by atoms with Gasteiger partial charge in [0.25, 0.3) is 0 Å². The highest BCUT2D eigenvalue weighted by molar-refractivity contribution is 6.31. The van der Waals surface area contributed by atoms with Crippen molar-refractivity contribution in [3.05, 3.63) is 22.7 Å². The predicted molar refractivity (Wildman–Crippen MR) is 87.8 cm³/mol. The van der Waals surface area contributed by atoms with E-state index in [1.54, 1.807) is 30.9 Å². The molecule has 0 radical (unpaired) electrons. The summed E-state index contributed by atoms with van der Waals surface area (Å²) in [7, 11) is 1.53. The van der Waals surface area contributed by atoms with Crippen LogP contribution in [0, 0.1) is 6.92 Å². The van der Waals surface area contributed by atoms with Gasteiger partial charge in [-0.05, 0) is 45.2 Å². The molecule has 0 bridgehead atoms. The number of benzene rings is 1. The molecule has 1 heterocycles. The Morgan fingerprint density at radius 2 is 2.18 bits per heavy atom. The summed E-state index contributed by atoms with van der Waals surface area (Å²) in [6.07, 6.45) is 1.69. The summed E-state index contributed by atoms with van der Waals surface area (Å²) in [5.74, 6) is 0.517. The van der Waals surface area contributed by atoms with Gasteiger partial charge in [-0.2, -0.15) is 0 Å². The van der Waals surface area contributed by atoms with Crippen molar-refractivity contribution >= 4 is 23.3 Å². The van der Waals surface area contributed by atoms with Gasteiger partial charge in [0.05, 0.1) is 24.4 Å². The molecule has 0 saturated carbocycles. The van der Waals surface area contributed by atoms with Crippen LogP contribution in [0.5, 0.6) is 5.75 Å². The molecule has 1 atom stereocenters. The molecule has 1 unspecified atom stereocenters. The Hall–Kier alpha value is -1.46. The Balaban J connectivity index is 2.20. The molecule has 6 heteroatoms. The standard InChI is InChI=1S/C16H23ClN2O3/c1-10-8-12(13(22-4)9-11(10)17)18-15(20)19-7-5-6-14(19)16(2,3)21/h8-9,14,21H,5-7H2,1-4H3,(H,18,20). The fourth-order valence-corrected chi connectivity index (χ4v) is 3.01. The summed E-state index contributed by atoms with van der Waals surface area (Å²) in [6.45, 7) is 5.97. The molecule has 1 aromatic carbocycles. The Labute approximate surface area is 136 Å². The van der Waals surface area contributed by atoms with E-state index in [9.17, 15) is 9.90 Å². The highest BCUT2D eigenvalue weighted by atomic mass is 35.5. The highest BCUT2D eigenvalue weighted by Gasteiger charge is 2.38. The minimum atomic E-state index is -0.923. The summed E-state index contributed by atoms with van der Waals surface area (Å²) in [5, 5.41) is 13.7. The third-order valence-corrected chi connectivity index (χ3v) is 4.46. The fourth-order valence-electron chi connectivity index (χ4n) is 2.86. The smallest absolute Gasteiger partial charge is 0.322 e. The lowest BCUT2D eigenvalue weighted by molar-refractivity contribution is 0.0117. The number of methoxy groups -OCH3 is 1. The first kappa shape index (κ1) is 16.9. The number of amides is 2. The third kappa shape index (κ3) is 3.47. The van der Waals surface area contributed by atoms with E-state index >= 15 is 0 Å². The molecule has 1 fully saturated rings. The van der Waals surface area contributed by atoms with Crippen LogP contribution in [0.4, 0.5) is 10.5 Å². The number of aliphatic hydroxyl groups is 1. The number of anilines is 1. The van der Waals surface area contributed by atoms with Crippen LogP contribution in [-0.2, 0) is 0 Å². The van der Waals surface area contributed by atoms with Crippen LogP contribution < -0.4 is 10.1 Å². The lowest BCUT2D eigenvalue weighted by atomic mass is 9.97. The maximum absolute atomic E-state index is 12.6. The molecule has 5 nitrogen and oxygen atoms in total. The Bertz CT molecular complexity index is 569. The van der Waals surface area contributed by atoms with Crippen LogP contribution >= 0.6 is 11.6 Å². The average Bonchev–Trinajstić information content (AvgIpc) is 2.92. The van der Waals surface area contributed by atoms with Gasteiger partial charge in [-0.3, -0.25) is 0 Å². The first-order chi connectivity index (χ1) is 10.2. The summed E-state index contributed by atoms with van der Waals surface area (Å²) in [5.41, 5.74) is 0.516. The summed E-state index contributed by atoms with van der Waals surface area (Å²) in [4.78, 5) is 14.2. The predicted octanol–water partition coefficient (Wildman–Crippen LogP) is 3.42. The molecular formula is C16H23ClN2O3. The second-order valence-electron chi connectivity index (χ2n) is 6.24. The van der Waals surface area contributed by atoms with E-state index < -0.39 is 5.60 Å². The lowest BCUT2D eigenvalue weighted by Crippen LogP contribution is -2.49. The Kier molecular flexibility index (Phi) is 4.87. The maximum atomic E-state index is 12.6. The number of aryl methyl sites for hydroxylation is 1. The quantitative estimate of drug-likeness (QED) is 0.894. The molecule has 0 spiro atoms. The van der Waals surface area contributed by atoms with E-state index in [1.807, 2.05) is 6.92 Å². The molecular weight excluding hydrogens is 304 g/mol. The molecule has 1 saturated heterocycles. The molecule has 2 amide bonds. The van der Waals surface area contributed by atoms with Gasteiger partial charge in [0, 0.05) is 17.6 Å². The van der Waals surface area contributed by atoms with E-state index in [0.717, 1.165) is 18.4 Å². The van der Waals surface area contributed by atoms with Crippen molar-refractivity contribution < 1.29 is 14.6 Å². The third-order valence-electron chi connectivity index (χ3n) is 4.05. The zero-order chi connectivity index (χ0) is 16.5. The number of rotatable bonds is 3. The molecule has 2 rings (SSSR count). The molecule has 1 aliphatic rings. The number of hydrogen-bond acceptors (Lipinski definition) is 3. The SMILES string of the molecule is COc1cc(Cl)c(C)cc1NC(=O)N1CCCC1C(C)(C)O. The summed E-state index contributed by atoms with van der Waals surface area (Å²) < 4.78 is 5.27. The number of carbonyl (C=O) groups is 1. The molecule has 1 aromatic rings. The zero-order valence-corrected chi connectivity index (χ0v) is 14.2. The summed E-state index contributed by atoms with van der Waals surface area (Å²) >= 11 is 6.08. The highest BCUT2D eigenvalue weighted by Crippen LogP contribution is 2.32. The molecule has 122 valence electrons. The monoisotopic (exact) mass is 326 g/mol. The van der Waals surface area contributed by atoms with E-state index in [-0.39, 0.29) is 12.1 Å². The lowest BCUT2D eigenvalue weighted by Gasteiger charge is -2.33. The van der Waals surface area contributed by atoms with E-state index in [4.69, 9.17) is 16.3 Å². The molecule has 0 aromatic heterocycles. The van der Waals surface area contributed by atoms with Crippen molar-refractivity contribution in [2.45, 2.75) is 45.3 Å². The zero-order valence-electron chi connectivity index (χ0n) is 13.4. The van der Waals surface area contributed by atoms with Gasteiger partial charge in [-0.25, -0.2) is 4.79 Å². The Morgan fingerprint density at radius 1 is 1.50 bits per heavy atom. The first-order valence-corrected chi connectivity index (χ1v) is 7.76. The van der Waals surface area contributed by atoms with Crippen molar-refractivity contribution in [3.8, 4) is 5.75 Å². The normalized spacial score (nSPS) is 18.5. The first-order valence-electron chi connectivity index (χ1n) is 7.38. The van der Waals surface area contributed by atoms with E-state index in [0.29, 0.717) is 23.0 Å². The van der Waals surface area contributed by atoms with Crippen LogP contribution in [0.25, 0.3) is 0 Å². The van der Waals surface area contributed by atoms with Crippen molar-refractivity contribution in [2.24, 2.45) is 0 Å². The number of hydrogen-bond donors (Lipinski definition) is 2. The maximum Gasteiger partial charge on any atom is 0.322 e. The van der Waals surface area contributed by atoms with Gasteiger partial charge in [-0.15, -0.1) is 0 Å². The topological polar surface area (TPSA) is 61.8 Å². The van der Waals surface area contributed by atoms with Crippen molar-refractivity contribution in [3.63, 3.8) is 0 Å². The van der Waals surface area contributed by atoms with Crippen LogP contribution in [0.3, 0.4) is 0 Å². The molecule has 2 N–H and O–H groups in total. The number of halogens is 1. The largest absolute Gasteiger partial charge is 0.495 e. The van der Waals surface area contributed by atoms with Gasteiger partial charge < -0.3 is 20.1 Å². The molecule has 0 aliphatic carbocycles. The Morgan fingerprint density at radius 3 is 2.77 bits per heavy atom. The van der Waals surface area contributed by atoms with Crippen LogP contribution in [0.2, 0.25) is 5.02 Å². The molecule has 1 aliphatic heterocycles. The van der Waals surface area contributed by atoms with Crippen molar-refractivity contribution in [2.75, 3.05) is 19.0 Å². The van der Waals surface area contributed by atoms with Crippen LogP contribution in [0.1, 0.15) is 32.3 Å². The van der Waals surface area contributed by atoms with Crippen molar-refractivity contribution in [1.29, 1.82) is 0 Å². The number of urea groups is 1. The summed E-state index contributed by atoms with van der Waals surface area (Å²) in [6, 6.07) is 3.05. The number of nitrogens with one attached hydrogen (secondary N) is 1. The number of ether oxygens (including phenoxy) is 1. The minimum absolute atomic E-state index is 0.188. The van der Waals surface area contributed by atoms with E-state index in [2.05, 4.69) is 5.32 Å². The van der Waals surface area contributed by atoms with Crippen molar-refractivity contribution in [1.82, 2.24) is 4.90 Å². The van der Waals surface area contributed by atoms with Gasteiger partial charge in [-0.1, -0.05) is 11.6 Å². The average molecular weight is 327 g/mol. The second-order valence-corrected chi connectivity index (χ2v) is 6.64. The van der Waals surface area contributed by atoms with E-state index in [1.165, 1.54) is 7.11 Å². The van der Waals surface area contributed by atoms with Crippen LogP contribution in [-0.4, -0.2) is 41.3 Å². The second kappa shape index (κ2) is 6.34. The minimum Gasteiger partial charge on any atom is -0.495 e.